The zero-order valence-corrected chi connectivity index (χ0v) is 13.6. The molecule has 138 valence electrons. The molecule has 1 aliphatic heterocycles. The van der Waals surface area contributed by atoms with Crippen LogP contribution in [0.3, 0.4) is 0 Å². The van der Waals surface area contributed by atoms with E-state index in [0.29, 0.717) is 13.1 Å². The molecule has 10 heteroatoms. The van der Waals surface area contributed by atoms with Gasteiger partial charge < -0.3 is 10.6 Å². The molecule has 0 aliphatic carbocycles. The van der Waals surface area contributed by atoms with Gasteiger partial charge in [0.05, 0.1) is 11.1 Å². The molecule has 0 amide bonds. The number of carbonyl (C=O) groups is 1. The maximum Gasteiger partial charge on any atom is 0.418 e. The van der Waals surface area contributed by atoms with E-state index in [1.807, 2.05) is 0 Å². The standard InChI is InChI=1S/C16H17F3N6O/c17-16(18,19)11-3-4-12(25-7-5-9(8-25)24-21)23-13(11)14(26)10-2-1-6-22-15(10)20/h1-4,6,9,24H,5,7-8,21H2,(H2,20,22). The van der Waals surface area contributed by atoms with Crippen LogP contribution in [0.2, 0.25) is 0 Å². The molecule has 2 aromatic heterocycles. The molecule has 0 bridgehead atoms. The molecule has 3 heterocycles. The first-order valence-corrected chi connectivity index (χ1v) is 7.85. The van der Waals surface area contributed by atoms with Gasteiger partial charge in [0.1, 0.15) is 17.3 Å². The van der Waals surface area contributed by atoms with Crippen molar-refractivity contribution >= 4 is 17.4 Å². The Morgan fingerprint density at radius 2 is 2.08 bits per heavy atom. The average molecular weight is 366 g/mol. The van der Waals surface area contributed by atoms with E-state index in [2.05, 4.69) is 15.4 Å². The molecule has 26 heavy (non-hydrogen) atoms. The van der Waals surface area contributed by atoms with Gasteiger partial charge in [-0.25, -0.2) is 9.97 Å². The molecule has 3 rings (SSSR count). The number of carbonyl (C=O) groups excluding carboxylic acids is 1. The Morgan fingerprint density at radius 1 is 1.31 bits per heavy atom. The summed E-state index contributed by atoms with van der Waals surface area (Å²) in [5, 5.41) is 0. The van der Waals surface area contributed by atoms with E-state index in [1.54, 1.807) is 4.90 Å². The summed E-state index contributed by atoms with van der Waals surface area (Å²) in [6.07, 6.45) is -2.65. The number of nitrogens with one attached hydrogen (secondary N) is 1. The number of pyridine rings is 2. The highest BCUT2D eigenvalue weighted by molar-refractivity contribution is 6.11. The fourth-order valence-corrected chi connectivity index (χ4v) is 2.87. The first kappa shape index (κ1) is 18.1. The van der Waals surface area contributed by atoms with Crippen molar-refractivity contribution in [3.8, 4) is 0 Å². The van der Waals surface area contributed by atoms with Crippen molar-refractivity contribution in [2.75, 3.05) is 23.7 Å². The number of alkyl halides is 3. The Hall–Kier alpha value is -2.72. The van der Waals surface area contributed by atoms with Gasteiger partial charge in [0, 0.05) is 25.3 Å². The second-order valence-electron chi connectivity index (χ2n) is 5.93. The molecular weight excluding hydrogens is 349 g/mol. The van der Waals surface area contributed by atoms with E-state index in [0.717, 1.165) is 12.5 Å². The number of nitrogens with two attached hydrogens (primary N) is 2. The molecule has 1 unspecified atom stereocenters. The number of hydrogen-bond acceptors (Lipinski definition) is 7. The SMILES string of the molecule is NNC1CCN(c2ccc(C(F)(F)F)c(C(=O)c3cccnc3N)n2)C1. The zero-order valence-electron chi connectivity index (χ0n) is 13.6. The molecule has 1 saturated heterocycles. The van der Waals surface area contributed by atoms with Crippen molar-refractivity contribution in [2.45, 2.75) is 18.6 Å². The monoisotopic (exact) mass is 366 g/mol. The highest BCUT2D eigenvalue weighted by Crippen LogP contribution is 2.34. The summed E-state index contributed by atoms with van der Waals surface area (Å²) in [5.74, 6) is 4.62. The van der Waals surface area contributed by atoms with Crippen molar-refractivity contribution in [1.29, 1.82) is 0 Å². The summed E-state index contributed by atoms with van der Waals surface area (Å²) in [5.41, 5.74) is 6.35. The Kier molecular flexibility index (Phi) is 4.79. The van der Waals surface area contributed by atoms with E-state index >= 15 is 0 Å². The van der Waals surface area contributed by atoms with Crippen LogP contribution in [0, 0.1) is 0 Å². The van der Waals surface area contributed by atoms with Gasteiger partial charge in [0.2, 0.25) is 5.78 Å². The minimum Gasteiger partial charge on any atom is -0.383 e. The molecule has 1 aliphatic rings. The predicted octanol–water partition coefficient (Wildman–Crippen LogP) is 1.35. The zero-order chi connectivity index (χ0) is 18.9. The highest BCUT2D eigenvalue weighted by atomic mass is 19.4. The predicted molar refractivity (Wildman–Crippen MR) is 89.3 cm³/mol. The Bertz CT molecular complexity index is 826. The lowest BCUT2D eigenvalue weighted by Gasteiger charge is -2.20. The molecule has 5 N–H and O–H groups in total. The number of halogens is 3. The normalized spacial score (nSPS) is 17.5. The van der Waals surface area contributed by atoms with Crippen LogP contribution >= 0.6 is 0 Å². The summed E-state index contributed by atoms with van der Waals surface area (Å²) in [7, 11) is 0. The van der Waals surface area contributed by atoms with Crippen LogP contribution in [0.5, 0.6) is 0 Å². The van der Waals surface area contributed by atoms with Gasteiger partial charge >= 0.3 is 6.18 Å². The summed E-state index contributed by atoms with van der Waals surface area (Å²) >= 11 is 0. The molecule has 0 spiro atoms. The van der Waals surface area contributed by atoms with Crippen LogP contribution in [0.25, 0.3) is 0 Å². The van der Waals surface area contributed by atoms with E-state index in [4.69, 9.17) is 11.6 Å². The molecule has 1 fully saturated rings. The van der Waals surface area contributed by atoms with Gasteiger partial charge in [-0.15, -0.1) is 0 Å². The number of hydrogen-bond donors (Lipinski definition) is 3. The van der Waals surface area contributed by atoms with E-state index in [9.17, 15) is 18.0 Å². The fraction of sp³-hybridized carbons (Fsp3) is 0.312. The third-order valence-electron chi connectivity index (χ3n) is 4.23. The number of nitrogen functional groups attached to an aromatic ring is 1. The van der Waals surface area contributed by atoms with Gasteiger partial charge in [0.25, 0.3) is 0 Å². The van der Waals surface area contributed by atoms with Crippen LogP contribution in [0.15, 0.2) is 30.5 Å². The lowest BCUT2D eigenvalue weighted by molar-refractivity contribution is -0.138. The number of ketones is 1. The minimum atomic E-state index is -4.72. The first-order valence-electron chi connectivity index (χ1n) is 7.85. The number of rotatable bonds is 4. The van der Waals surface area contributed by atoms with Crippen LogP contribution in [0.4, 0.5) is 24.8 Å². The smallest absolute Gasteiger partial charge is 0.383 e. The van der Waals surface area contributed by atoms with Crippen molar-refractivity contribution in [3.05, 3.63) is 47.3 Å². The largest absolute Gasteiger partial charge is 0.418 e. The topological polar surface area (TPSA) is 110 Å². The van der Waals surface area contributed by atoms with Crippen molar-refractivity contribution in [1.82, 2.24) is 15.4 Å². The van der Waals surface area contributed by atoms with Crippen LogP contribution in [-0.4, -0.2) is 34.9 Å². The Labute approximate surface area is 147 Å². The summed E-state index contributed by atoms with van der Waals surface area (Å²) < 4.78 is 40.1. The van der Waals surface area contributed by atoms with Gasteiger partial charge in [-0.2, -0.15) is 13.2 Å². The minimum absolute atomic E-state index is 0.00668. The molecule has 0 aromatic carbocycles. The van der Waals surface area contributed by atoms with Gasteiger partial charge in [-0.1, -0.05) is 0 Å². The third-order valence-corrected chi connectivity index (χ3v) is 4.23. The molecule has 2 aromatic rings. The first-order chi connectivity index (χ1) is 12.3. The van der Waals surface area contributed by atoms with Gasteiger partial charge in [-0.05, 0) is 30.7 Å². The average Bonchev–Trinajstić information content (AvgIpc) is 3.09. The maximum atomic E-state index is 13.4. The Morgan fingerprint density at radius 3 is 2.69 bits per heavy atom. The molecule has 0 saturated carbocycles. The van der Waals surface area contributed by atoms with Gasteiger partial charge in [0.15, 0.2) is 0 Å². The van der Waals surface area contributed by atoms with Crippen LogP contribution in [-0.2, 0) is 6.18 Å². The lowest BCUT2D eigenvalue weighted by Crippen LogP contribution is -2.37. The number of nitrogens with zero attached hydrogens (tertiary/aromatic N) is 3. The quantitative estimate of drug-likeness (QED) is 0.426. The second kappa shape index (κ2) is 6.89. The van der Waals surface area contributed by atoms with Crippen molar-refractivity contribution < 1.29 is 18.0 Å². The van der Waals surface area contributed by atoms with E-state index < -0.39 is 23.2 Å². The number of hydrazine groups is 1. The summed E-state index contributed by atoms with van der Waals surface area (Å²) in [6.45, 7) is 1.05. The third kappa shape index (κ3) is 3.46. The highest BCUT2D eigenvalue weighted by Gasteiger charge is 2.37. The molecule has 1 atom stereocenters. The van der Waals surface area contributed by atoms with Crippen LogP contribution in [0.1, 0.15) is 28.0 Å². The Balaban J connectivity index is 2.05. The number of anilines is 2. The molecule has 0 radical (unpaired) electrons. The molecular formula is C16H17F3N6O. The van der Waals surface area contributed by atoms with Crippen LogP contribution < -0.4 is 21.9 Å². The molecule has 7 nitrogen and oxygen atoms in total. The summed E-state index contributed by atoms with van der Waals surface area (Å²) in [4.78, 5) is 22.2. The summed E-state index contributed by atoms with van der Waals surface area (Å²) in [6, 6.07) is 4.88. The fourth-order valence-electron chi connectivity index (χ4n) is 2.87. The number of aromatic nitrogens is 2. The maximum absolute atomic E-state index is 13.4. The van der Waals surface area contributed by atoms with Crippen molar-refractivity contribution in [3.63, 3.8) is 0 Å². The second-order valence-corrected chi connectivity index (χ2v) is 5.93. The lowest BCUT2D eigenvalue weighted by atomic mass is 10.0. The van der Waals surface area contributed by atoms with E-state index in [-0.39, 0.29) is 23.2 Å². The van der Waals surface area contributed by atoms with Crippen molar-refractivity contribution in [2.24, 2.45) is 5.84 Å². The van der Waals surface area contributed by atoms with E-state index in [1.165, 1.54) is 24.4 Å². The van der Waals surface area contributed by atoms with Gasteiger partial charge in [-0.3, -0.25) is 16.1 Å².